The highest BCUT2D eigenvalue weighted by Crippen LogP contribution is 2.09. The number of aromatic nitrogens is 2. The van der Waals surface area contributed by atoms with Crippen molar-refractivity contribution in [1.29, 1.82) is 0 Å². The molecule has 5 nitrogen and oxygen atoms in total. The third-order valence-corrected chi connectivity index (χ3v) is 2.80. The van der Waals surface area contributed by atoms with Crippen molar-refractivity contribution < 1.29 is 9.47 Å². The minimum Gasteiger partial charge on any atom is -0.478 e. The van der Waals surface area contributed by atoms with Crippen LogP contribution in [-0.4, -0.2) is 29.7 Å². The molecule has 0 aliphatic heterocycles. The zero-order valence-electron chi connectivity index (χ0n) is 12.3. The van der Waals surface area contributed by atoms with Gasteiger partial charge >= 0.3 is 6.01 Å². The van der Waals surface area contributed by atoms with E-state index < -0.39 is 0 Å². The van der Waals surface area contributed by atoms with Crippen molar-refractivity contribution in [3.63, 3.8) is 0 Å². The number of hydrogen-bond donors (Lipinski definition) is 1. The van der Waals surface area contributed by atoms with Gasteiger partial charge in [-0.05, 0) is 25.5 Å². The summed E-state index contributed by atoms with van der Waals surface area (Å²) in [6, 6.07) is 12.4. The normalized spacial score (nSPS) is 10.3. The van der Waals surface area contributed by atoms with E-state index >= 15 is 0 Å². The molecule has 1 aromatic carbocycles. The van der Waals surface area contributed by atoms with Gasteiger partial charge in [-0.1, -0.05) is 30.3 Å². The van der Waals surface area contributed by atoms with Crippen molar-refractivity contribution in [3.05, 3.63) is 48.2 Å². The molecule has 0 unspecified atom stereocenters. The summed E-state index contributed by atoms with van der Waals surface area (Å²) in [6.45, 7) is 4.84. The molecule has 0 saturated heterocycles. The first-order valence-electron chi connectivity index (χ1n) is 7.22. The summed E-state index contributed by atoms with van der Waals surface area (Å²) in [4.78, 5) is 8.21. The van der Waals surface area contributed by atoms with Gasteiger partial charge in [0.25, 0.3) is 0 Å². The van der Waals surface area contributed by atoms with Gasteiger partial charge in [0.05, 0.1) is 13.2 Å². The van der Waals surface area contributed by atoms with Gasteiger partial charge in [-0.15, -0.1) is 0 Å². The first kappa shape index (κ1) is 15.3. The van der Waals surface area contributed by atoms with Gasteiger partial charge in [-0.2, -0.15) is 4.98 Å². The van der Waals surface area contributed by atoms with Crippen LogP contribution < -0.4 is 14.8 Å². The fraction of sp³-hybridized carbons (Fsp3) is 0.375. The van der Waals surface area contributed by atoms with Crippen molar-refractivity contribution in [2.24, 2.45) is 0 Å². The van der Waals surface area contributed by atoms with Gasteiger partial charge in [0.1, 0.15) is 0 Å². The second-order valence-electron chi connectivity index (χ2n) is 4.47. The van der Waals surface area contributed by atoms with Crippen LogP contribution in [0.15, 0.2) is 42.6 Å². The predicted molar refractivity (Wildman–Crippen MR) is 81.5 cm³/mol. The van der Waals surface area contributed by atoms with Crippen LogP contribution >= 0.6 is 0 Å². The smallest absolute Gasteiger partial charge is 0.319 e. The van der Waals surface area contributed by atoms with Gasteiger partial charge in [-0.3, -0.25) is 0 Å². The van der Waals surface area contributed by atoms with Crippen LogP contribution in [0.4, 0.5) is 0 Å². The minimum absolute atomic E-state index is 0.365. The van der Waals surface area contributed by atoms with Crippen LogP contribution in [-0.2, 0) is 6.54 Å². The molecule has 0 spiro atoms. The zero-order valence-corrected chi connectivity index (χ0v) is 12.3. The fourth-order valence-corrected chi connectivity index (χ4v) is 1.81. The highest BCUT2D eigenvalue weighted by atomic mass is 16.5. The van der Waals surface area contributed by atoms with E-state index in [1.54, 1.807) is 12.3 Å². The Kier molecular flexibility index (Phi) is 6.48. The number of rotatable bonds is 9. The molecular weight excluding hydrogens is 266 g/mol. The average molecular weight is 287 g/mol. The van der Waals surface area contributed by atoms with Crippen LogP contribution in [0.3, 0.4) is 0 Å². The van der Waals surface area contributed by atoms with Crippen LogP contribution in [0, 0.1) is 0 Å². The predicted octanol–water partition coefficient (Wildman–Crippen LogP) is 2.43. The number of hydrogen-bond acceptors (Lipinski definition) is 5. The molecule has 0 bridgehead atoms. The second kappa shape index (κ2) is 8.92. The molecule has 0 aliphatic carbocycles. The van der Waals surface area contributed by atoms with Crippen molar-refractivity contribution in [2.75, 3.05) is 19.8 Å². The number of nitrogens with one attached hydrogen (secondary N) is 1. The van der Waals surface area contributed by atoms with Crippen molar-refractivity contribution >= 4 is 0 Å². The lowest BCUT2D eigenvalue weighted by Crippen LogP contribution is -2.17. The molecule has 1 N–H and O–H groups in total. The van der Waals surface area contributed by atoms with E-state index in [1.165, 1.54) is 5.56 Å². The summed E-state index contributed by atoms with van der Waals surface area (Å²) >= 11 is 0. The summed E-state index contributed by atoms with van der Waals surface area (Å²) in [5, 5.41) is 3.37. The standard InChI is InChI=1S/C16H21N3O2/c1-2-20-15-9-11-18-16(19-15)21-12-6-10-17-13-14-7-4-3-5-8-14/h3-5,7-9,11,17H,2,6,10,12-13H2,1H3. The third kappa shape index (κ3) is 5.79. The Hall–Kier alpha value is -2.14. The SMILES string of the molecule is CCOc1ccnc(OCCCNCc2ccccc2)n1. The van der Waals surface area contributed by atoms with E-state index in [4.69, 9.17) is 9.47 Å². The van der Waals surface area contributed by atoms with Crippen LogP contribution in [0.5, 0.6) is 11.9 Å². The number of benzene rings is 1. The molecule has 2 rings (SSSR count). The Morgan fingerprint density at radius 2 is 1.95 bits per heavy atom. The molecule has 1 heterocycles. The van der Waals surface area contributed by atoms with Gasteiger partial charge in [0, 0.05) is 18.8 Å². The molecule has 112 valence electrons. The van der Waals surface area contributed by atoms with Crippen LogP contribution in [0.2, 0.25) is 0 Å². The molecule has 0 radical (unpaired) electrons. The third-order valence-electron chi connectivity index (χ3n) is 2.80. The van der Waals surface area contributed by atoms with E-state index in [0.29, 0.717) is 25.1 Å². The first-order chi connectivity index (χ1) is 10.4. The summed E-state index contributed by atoms with van der Waals surface area (Å²) in [5.74, 6) is 0.546. The van der Waals surface area contributed by atoms with E-state index in [-0.39, 0.29) is 0 Å². The second-order valence-corrected chi connectivity index (χ2v) is 4.47. The quantitative estimate of drug-likeness (QED) is 0.718. The topological polar surface area (TPSA) is 56.3 Å². The monoisotopic (exact) mass is 287 g/mol. The van der Waals surface area contributed by atoms with Crippen molar-refractivity contribution in [1.82, 2.24) is 15.3 Å². The molecule has 0 aliphatic rings. The molecule has 0 saturated carbocycles. The Morgan fingerprint density at radius 1 is 1.10 bits per heavy atom. The van der Waals surface area contributed by atoms with Crippen LogP contribution in [0.1, 0.15) is 18.9 Å². The lowest BCUT2D eigenvalue weighted by molar-refractivity contribution is 0.271. The molecule has 5 heteroatoms. The summed E-state index contributed by atoms with van der Waals surface area (Å²) in [5.41, 5.74) is 1.28. The maximum atomic E-state index is 5.50. The van der Waals surface area contributed by atoms with Gasteiger partial charge in [-0.25, -0.2) is 4.98 Å². The lowest BCUT2D eigenvalue weighted by atomic mass is 10.2. The Morgan fingerprint density at radius 3 is 2.76 bits per heavy atom. The minimum atomic E-state index is 0.365. The molecule has 0 fully saturated rings. The Bertz CT molecular complexity index is 520. The summed E-state index contributed by atoms with van der Waals surface area (Å²) in [6.07, 6.45) is 2.54. The Labute approximate surface area is 125 Å². The fourth-order valence-electron chi connectivity index (χ4n) is 1.81. The van der Waals surface area contributed by atoms with E-state index in [0.717, 1.165) is 19.5 Å². The van der Waals surface area contributed by atoms with Gasteiger partial charge in [0.15, 0.2) is 0 Å². The number of nitrogens with zero attached hydrogens (tertiary/aromatic N) is 2. The largest absolute Gasteiger partial charge is 0.478 e. The molecule has 0 amide bonds. The maximum absolute atomic E-state index is 5.50. The first-order valence-corrected chi connectivity index (χ1v) is 7.22. The lowest BCUT2D eigenvalue weighted by Gasteiger charge is -2.07. The summed E-state index contributed by atoms with van der Waals surface area (Å²) in [7, 11) is 0. The molecule has 1 aromatic heterocycles. The van der Waals surface area contributed by atoms with Crippen molar-refractivity contribution in [2.45, 2.75) is 19.9 Å². The number of ether oxygens (including phenoxy) is 2. The molecule has 0 atom stereocenters. The maximum Gasteiger partial charge on any atom is 0.319 e. The van der Waals surface area contributed by atoms with Crippen LogP contribution in [0.25, 0.3) is 0 Å². The molecule has 2 aromatic rings. The highest BCUT2D eigenvalue weighted by molar-refractivity contribution is 5.14. The van der Waals surface area contributed by atoms with Gasteiger partial charge < -0.3 is 14.8 Å². The zero-order chi connectivity index (χ0) is 14.8. The Balaban J connectivity index is 1.60. The highest BCUT2D eigenvalue weighted by Gasteiger charge is 2.00. The molecule has 21 heavy (non-hydrogen) atoms. The van der Waals surface area contributed by atoms with Gasteiger partial charge in [0.2, 0.25) is 5.88 Å². The van der Waals surface area contributed by atoms with E-state index in [9.17, 15) is 0 Å². The average Bonchev–Trinajstić information content (AvgIpc) is 2.52. The summed E-state index contributed by atoms with van der Waals surface area (Å²) < 4.78 is 10.8. The van der Waals surface area contributed by atoms with Crippen molar-refractivity contribution in [3.8, 4) is 11.9 Å². The van der Waals surface area contributed by atoms with E-state index in [1.807, 2.05) is 25.1 Å². The van der Waals surface area contributed by atoms with E-state index in [2.05, 4.69) is 27.4 Å². The molecular formula is C16H21N3O2.